The highest BCUT2D eigenvalue weighted by atomic mass is 16.6. The Balaban J connectivity index is 1.24. The summed E-state index contributed by atoms with van der Waals surface area (Å²) in [4.78, 5) is 28.1. The monoisotopic (exact) mass is 556 g/mol. The first-order chi connectivity index (χ1) is 19.9. The van der Waals surface area contributed by atoms with Crippen molar-refractivity contribution in [3.05, 3.63) is 65.0 Å². The van der Waals surface area contributed by atoms with Crippen LogP contribution >= 0.6 is 0 Å². The standard InChI is InChI=1S/C30H36N8O3/c1-34-14-16-36(17-15-34)21-9-12-37(13-10-21)27-19-29(41-3)25(18-28(27)38(39)40)33-30-31-11-8-24(32-30)23-20-35(2)26-7-5-4-6-22(23)26/h4-8,11,18-21H,9-10,12-17H2,1-3H3,(H,31,32,33). The van der Waals surface area contributed by atoms with Gasteiger partial charge >= 0.3 is 0 Å². The molecular formula is C30H36N8O3. The van der Waals surface area contributed by atoms with E-state index in [1.807, 2.05) is 31.4 Å². The van der Waals surface area contributed by atoms with Gasteiger partial charge in [0, 0.05) is 93.4 Å². The number of methoxy groups -OCH3 is 1. The van der Waals surface area contributed by atoms with Crippen LogP contribution in [-0.2, 0) is 7.05 Å². The van der Waals surface area contributed by atoms with Crippen molar-refractivity contribution in [2.75, 3.05) is 63.6 Å². The van der Waals surface area contributed by atoms with E-state index in [4.69, 9.17) is 9.72 Å². The van der Waals surface area contributed by atoms with Crippen molar-refractivity contribution in [1.29, 1.82) is 0 Å². The maximum absolute atomic E-state index is 12.2. The second-order valence-electron chi connectivity index (χ2n) is 10.9. The van der Waals surface area contributed by atoms with Gasteiger partial charge in [-0.2, -0.15) is 0 Å². The normalized spacial score (nSPS) is 17.2. The maximum atomic E-state index is 12.2. The minimum Gasteiger partial charge on any atom is -0.494 e. The highest BCUT2D eigenvalue weighted by Crippen LogP contribution is 2.40. The van der Waals surface area contributed by atoms with E-state index in [1.54, 1.807) is 19.4 Å². The highest BCUT2D eigenvalue weighted by Gasteiger charge is 2.30. The molecule has 41 heavy (non-hydrogen) atoms. The number of nitrogens with zero attached hydrogens (tertiary/aromatic N) is 7. The third kappa shape index (κ3) is 5.42. The number of rotatable bonds is 7. The molecule has 2 aliphatic heterocycles. The average Bonchev–Trinajstić information content (AvgIpc) is 3.34. The second-order valence-corrected chi connectivity index (χ2v) is 10.9. The van der Waals surface area contributed by atoms with Crippen LogP contribution in [0.25, 0.3) is 22.2 Å². The summed E-state index contributed by atoms with van der Waals surface area (Å²) in [5.41, 5.74) is 3.92. The van der Waals surface area contributed by atoms with Crippen molar-refractivity contribution in [2.45, 2.75) is 18.9 Å². The molecule has 0 saturated carbocycles. The van der Waals surface area contributed by atoms with E-state index in [0.717, 1.165) is 74.3 Å². The van der Waals surface area contributed by atoms with E-state index in [2.05, 4.69) is 48.7 Å². The quantitative estimate of drug-likeness (QED) is 0.260. The number of likely N-dealkylation sites (N-methyl/N-ethyl adjacent to an activating group) is 1. The summed E-state index contributed by atoms with van der Waals surface area (Å²) < 4.78 is 7.77. The van der Waals surface area contributed by atoms with Crippen molar-refractivity contribution in [3.8, 4) is 17.0 Å². The van der Waals surface area contributed by atoms with Gasteiger partial charge in [0.2, 0.25) is 5.95 Å². The molecule has 4 heterocycles. The third-order valence-electron chi connectivity index (χ3n) is 8.43. The maximum Gasteiger partial charge on any atom is 0.294 e. The first-order valence-corrected chi connectivity index (χ1v) is 14.1. The lowest BCUT2D eigenvalue weighted by Crippen LogP contribution is -2.52. The van der Waals surface area contributed by atoms with Crippen LogP contribution in [0.3, 0.4) is 0 Å². The third-order valence-corrected chi connectivity index (χ3v) is 8.43. The van der Waals surface area contributed by atoms with Crippen LogP contribution in [0, 0.1) is 10.1 Å². The number of nitro groups is 1. The molecule has 2 aliphatic rings. The van der Waals surface area contributed by atoms with Gasteiger partial charge in [-0.25, -0.2) is 9.97 Å². The Bertz CT molecular complexity index is 1550. The molecule has 0 unspecified atom stereocenters. The van der Waals surface area contributed by atoms with Crippen LogP contribution < -0.4 is 15.0 Å². The summed E-state index contributed by atoms with van der Waals surface area (Å²) in [7, 11) is 5.74. The first-order valence-electron chi connectivity index (χ1n) is 14.1. The van der Waals surface area contributed by atoms with Crippen LogP contribution in [-0.4, -0.2) is 88.7 Å². The molecule has 0 amide bonds. The number of hydrogen-bond donors (Lipinski definition) is 1. The van der Waals surface area contributed by atoms with Gasteiger partial charge in [-0.15, -0.1) is 0 Å². The molecule has 0 bridgehead atoms. The molecule has 11 nitrogen and oxygen atoms in total. The predicted molar refractivity (Wildman–Crippen MR) is 161 cm³/mol. The fraction of sp³-hybridized carbons (Fsp3) is 0.400. The Kier molecular flexibility index (Phi) is 7.46. The molecule has 0 radical (unpaired) electrons. The summed E-state index contributed by atoms with van der Waals surface area (Å²) in [6, 6.07) is 13.8. The molecule has 1 N–H and O–H groups in total. The molecule has 11 heteroatoms. The zero-order valence-corrected chi connectivity index (χ0v) is 23.8. The minimum atomic E-state index is -0.320. The van der Waals surface area contributed by atoms with Crippen molar-refractivity contribution in [3.63, 3.8) is 0 Å². The number of benzene rings is 2. The van der Waals surface area contributed by atoms with Gasteiger partial charge < -0.3 is 24.4 Å². The van der Waals surface area contributed by atoms with E-state index in [-0.39, 0.29) is 10.6 Å². The molecule has 0 aliphatic carbocycles. The number of nitro benzene ring substituents is 1. The number of piperidine rings is 1. The van der Waals surface area contributed by atoms with Crippen molar-refractivity contribution in [2.24, 2.45) is 7.05 Å². The molecule has 2 fully saturated rings. The van der Waals surface area contributed by atoms with E-state index in [1.165, 1.54) is 6.07 Å². The van der Waals surface area contributed by atoms with Crippen LogP contribution in [0.2, 0.25) is 0 Å². The van der Waals surface area contributed by atoms with Gasteiger partial charge in [0.15, 0.2) is 0 Å². The average molecular weight is 557 g/mol. The van der Waals surface area contributed by atoms with Gasteiger partial charge in [0.25, 0.3) is 5.69 Å². The van der Waals surface area contributed by atoms with Gasteiger partial charge in [-0.05, 0) is 32.0 Å². The van der Waals surface area contributed by atoms with Crippen LogP contribution in [0.1, 0.15) is 12.8 Å². The lowest BCUT2D eigenvalue weighted by molar-refractivity contribution is -0.384. The molecular weight excluding hydrogens is 520 g/mol. The van der Waals surface area contributed by atoms with Crippen molar-refractivity contribution in [1.82, 2.24) is 24.3 Å². The number of fused-ring (bicyclic) bond motifs is 1. The van der Waals surface area contributed by atoms with Gasteiger partial charge in [0.1, 0.15) is 11.4 Å². The second kappa shape index (κ2) is 11.3. The largest absolute Gasteiger partial charge is 0.494 e. The summed E-state index contributed by atoms with van der Waals surface area (Å²) >= 11 is 0. The zero-order chi connectivity index (χ0) is 28.5. The number of hydrogen-bond acceptors (Lipinski definition) is 9. The smallest absolute Gasteiger partial charge is 0.294 e. The van der Waals surface area contributed by atoms with E-state index >= 15 is 0 Å². The number of piperazine rings is 1. The lowest BCUT2D eigenvalue weighted by atomic mass is 10.0. The lowest BCUT2D eigenvalue weighted by Gasteiger charge is -2.42. The summed E-state index contributed by atoms with van der Waals surface area (Å²) in [6.45, 7) is 5.88. The first kappa shape index (κ1) is 27.0. The molecule has 0 spiro atoms. The Morgan fingerprint density at radius 1 is 1.02 bits per heavy atom. The number of aryl methyl sites for hydroxylation is 1. The van der Waals surface area contributed by atoms with E-state index in [9.17, 15) is 10.1 Å². The molecule has 2 saturated heterocycles. The van der Waals surface area contributed by atoms with Gasteiger partial charge in [-0.1, -0.05) is 18.2 Å². The van der Waals surface area contributed by atoms with Crippen LogP contribution in [0.15, 0.2) is 54.9 Å². The number of ether oxygens (including phenoxy) is 1. The molecule has 6 rings (SSSR count). The van der Waals surface area contributed by atoms with Gasteiger partial charge in [0.05, 0.1) is 23.4 Å². The van der Waals surface area contributed by atoms with Crippen molar-refractivity contribution < 1.29 is 9.66 Å². The molecule has 2 aromatic heterocycles. The van der Waals surface area contributed by atoms with Gasteiger partial charge in [-0.3, -0.25) is 15.0 Å². The Morgan fingerprint density at radius 2 is 1.78 bits per heavy atom. The summed E-state index contributed by atoms with van der Waals surface area (Å²) in [5, 5.41) is 16.5. The minimum absolute atomic E-state index is 0.0385. The van der Waals surface area contributed by atoms with E-state index < -0.39 is 0 Å². The Morgan fingerprint density at radius 3 is 2.51 bits per heavy atom. The number of aromatic nitrogens is 3. The number of anilines is 3. The molecule has 4 aromatic rings. The number of para-hydroxylation sites is 1. The summed E-state index contributed by atoms with van der Waals surface area (Å²) in [6.07, 6.45) is 5.70. The summed E-state index contributed by atoms with van der Waals surface area (Å²) in [5.74, 6) is 0.842. The Labute approximate surface area is 239 Å². The fourth-order valence-electron chi connectivity index (χ4n) is 6.12. The van der Waals surface area contributed by atoms with Crippen LogP contribution in [0.4, 0.5) is 23.0 Å². The predicted octanol–water partition coefficient (Wildman–Crippen LogP) is 4.51. The highest BCUT2D eigenvalue weighted by molar-refractivity contribution is 5.95. The molecule has 2 aromatic carbocycles. The Hall–Kier alpha value is -4.22. The number of nitrogens with one attached hydrogen (secondary N) is 1. The zero-order valence-electron chi connectivity index (χ0n) is 23.8. The van der Waals surface area contributed by atoms with E-state index in [0.29, 0.717) is 29.1 Å². The fourth-order valence-corrected chi connectivity index (χ4v) is 6.12. The topological polar surface area (TPSA) is 105 Å². The van der Waals surface area contributed by atoms with Crippen molar-refractivity contribution >= 4 is 33.9 Å². The molecule has 214 valence electrons. The van der Waals surface area contributed by atoms with Crippen LogP contribution in [0.5, 0.6) is 5.75 Å². The molecule has 0 atom stereocenters. The SMILES string of the molecule is COc1cc(N2CCC(N3CCN(C)CC3)CC2)c([N+](=O)[O-])cc1Nc1nccc(-c2cn(C)c3ccccc23)n1.